The second kappa shape index (κ2) is 6.11. The van der Waals surface area contributed by atoms with Gasteiger partial charge in [0.2, 0.25) is 16.9 Å². The fraction of sp³-hybridized carbons (Fsp3) is 0.182. The molecule has 0 amide bonds. The molecule has 0 aliphatic rings. The van der Waals surface area contributed by atoms with Crippen LogP contribution in [0.3, 0.4) is 0 Å². The fourth-order valence-corrected chi connectivity index (χ4v) is 1.77. The van der Waals surface area contributed by atoms with E-state index in [-0.39, 0.29) is 23.2 Å². The molecular formula is C11H10ClN5O3. The predicted molar refractivity (Wildman–Crippen MR) is 71.8 cm³/mol. The van der Waals surface area contributed by atoms with Crippen molar-refractivity contribution in [3.63, 3.8) is 0 Å². The molecule has 2 heterocycles. The standard InChI is InChI=1S/C11H10ClN5O3/c1-20-11-7(3-2-4-13-11)5-14-10-8(17(18)19)9(12)15-6-16-10/h2-4,6H,5H2,1H3,(H,14,15,16). The number of pyridine rings is 1. The van der Waals surface area contributed by atoms with E-state index < -0.39 is 4.92 Å². The Kier molecular flexibility index (Phi) is 4.26. The van der Waals surface area contributed by atoms with Gasteiger partial charge in [-0.05, 0) is 6.07 Å². The first-order valence-corrected chi connectivity index (χ1v) is 5.88. The summed E-state index contributed by atoms with van der Waals surface area (Å²) >= 11 is 5.69. The maximum absolute atomic E-state index is 10.9. The lowest BCUT2D eigenvalue weighted by atomic mass is 10.2. The number of methoxy groups -OCH3 is 1. The van der Waals surface area contributed by atoms with E-state index in [1.54, 1.807) is 18.3 Å². The minimum Gasteiger partial charge on any atom is -0.481 e. The average molecular weight is 296 g/mol. The normalized spacial score (nSPS) is 10.1. The van der Waals surface area contributed by atoms with Crippen LogP contribution in [0, 0.1) is 10.1 Å². The molecular weight excluding hydrogens is 286 g/mol. The van der Waals surface area contributed by atoms with E-state index in [0.29, 0.717) is 5.88 Å². The van der Waals surface area contributed by atoms with Crippen molar-refractivity contribution in [1.29, 1.82) is 0 Å². The number of nitrogens with zero attached hydrogens (tertiary/aromatic N) is 4. The number of hydrogen-bond donors (Lipinski definition) is 1. The summed E-state index contributed by atoms with van der Waals surface area (Å²) < 4.78 is 5.09. The number of ether oxygens (including phenoxy) is 1. The first-order chi connectivity index (χ1) is 9.63. The van der Waals surface area contributed by atoms with Crippen LogP contribution in [0.4, 0.5) is 11.5 Å². The van der Waals surface area contributed by atoms with Crippen LogP contribution in [-0.4, -0.2) is 27.0 Å². The van der Waals surface area contributed by atoms with E-state index in [0.717, 1.165) is 11.9 Å². The maximum Gasteiger partial charge on any atom is 0.348 e. The van der Waals surface area contributed by atoms with Gasteiger partial charge in [-0.15, -0.1) is 0 Å². The first kappa shape index (κ1) is 13.9. The smallest absolute Gasteiger partial charge is 0.348 e. The highest BCUT2D eigenvalue weighted by molar-refractivity contribution is 6.31. The second-order valence-electron chi connectivity index (χ2n) is 3.64. The van der Waals surface area contributed by atoms with Crippen molar-refractivity contribution in [2.45, 2.75) is 6.54 Å². The molecule has 0 saturated carbocycles. The molecule has 2 aromatic rings. The lowest BCUT2D eigenvalue weighted by molar-refractivity contribution is -0.384. The van der Waals surface area contributed by atoms with Gasteiger partial charge in [-0.25, -0.2) is 15.0 Å². The molecule has 0 aliphatic heterocycles. The van der Waals surface area contributed by atoms with Crippen molar-refractivity contribution >= 4 is 23.1 Å². The molecule has 0 bridgehead atoms. The fourth-order valence-electron chi connectivity index (χ4n) is 1.57. The molecule has 0 atom stereocenters. The molecule has 0 aliphatic carbocycles. The van der Waals surface area contributed by atoms with Crippen molar-refractivity contribution in [3.05, 3.63) is 45.5 Å². The molecule has 0 unspecified atom stereocenters. The summed E-state index contributed by atoms with van der Waals surface area (Å²) in [7, 11) is 1.50. The molecule has 2 rings (SSSR count). The van der Waals surface area contributed by atoms with Crippen LogP contribution in [0.25, 0.3) is 0 Å². The van der Waals surface area contributed by atoms with Gasteiger partial charge in [0.25, 0.3) is 0 Å². The van der Waals surface area contributed by atoms with Crippen LogP contribution in [0.5, 0.6) is 5.88 Å². The average Bonchev–Trinajstić information content (AvgIpc) is 2.45. The van der Waals surface area contributed by atoms with Crippen LogP contribution in [0.2, 0.25) is 5.15 Å². The zero-order valence-corrected chi connectivity index (χ0v) is 11.2. The SMILES string of the molecule is COc1ncccc1CNc1ncnc(Cl)c1[N+](=O)[O-]. The van der Waals surface area contributed by atoms with Crippen LogP contribution in [0.15, 0.2) is 24.7 Å². The number of rotatable bonds is 5. The Labute approximate surface area is 118 Å². The monoisotopic (exact) mass is 295 g/mol. The van der Waals surface area contributed by atoms with Gasteiger partial charge >= 0.3 is 5.69 Å². The molecule has 9 heteroatoms. The number of nitrogens with one attached hydrogen (secondary N) is 1. The summed E-state index contributed by atoms with van der Waals surface area (Å²) in [6.07, 6.45) is 2.74. The lowest BCUT2D eigenvalue weighted by Gasteiger charge is -2.09. The summed E-state index contributed by atoms with van der Waals surface area (Å²) in [5.74, 6) is 0.476. The Balaban J connectivity index is 2.23. The maximum atomic E-state index is 10.9. The summed E-state index contributed by atoms with van der Waals surface area (Å²) in [6, 6.07) is 3.52. The summed E-state index contributed by atoms with van der Waals surface area (Å²) in [4.78, 5) is 21.7. The third kappa shape index (κ3) is 2.91. The van der Waals surface area contributed by atoms with Gasteiger partial charge in [0.1, 0.15) is 6.33 Å². The topological polar surface area (TPSA) is 103 Å². The third-order valence-corrected chi connectivity index (χ3v) is 2.73. The molecule has 0 fully saturated rings. The highest BCUT2D eigenvalue weighted by atomic mass is 35.5. The quantitative estimate of drug-likeness (QED) is 0.511. The third-order valence-electron chi connectivity index (χ3n) is 2.45. The zero-order chi connectivity index (χ0) is 14.5. The molecule has 0 spiro atoms. The Morgan fingerprint density at radius 2 is 2.25 bits per heavy atom. The molecule has 2 aromatic heterocycles. The number of halogens is 1. The number of anilines is 1. The van der Waals surface area contributed by atoms with E-state index >= 15 is 0 Å². The summed E-state index contributed by atoms with van der Waals surface area (Å²) in [6.45, 7) is 0.255. The zero-order valence-electron chi connectivity index (χ0n) is 10.4. The van der Waals surface area contributed by atoms with Gasteiger partial charge in [-0.3, -0.25) is 10.1 Å². The molecule has 104 valence electrons. The van der Waals surface area contributed by atoms with E-state index in [1.807, 2.05) is 0 Å². The van der Waals surface area contributed by atoms with Crippen molar-refractivity contribution in [1.82, 2.24) is 15.0 Å². The molecule has 1 N–H and O–H groups in total. The van der Waals surface area contributed by atoms with Gasteiger partial charge in [0.05, 0.1) is 12.0 Å². The number of aromatic nitrogens is 3. The Morgan fingerprint density at radius 1 is 1.45 bits per heavy atom. The first-order valence-electron chi connectivity index (χ1n) is 5.50. The minimum atomic E-state index is -0.634. The van der Waals surface area contributed by atoms with Gasteiger partial charge in [0, 0.05) is 18.3 Å². The largest absolute Gasteiger partial charge is 0.481 e. The van der Waals surface area contributed by atoms with Crippen LogP contribution in [-0.2, 0) is 6.54 Å². The minimum absolute atomic E-state index is 0.0425. The van der Waals surface area contributed by atoms with Crippen molar-refractivity contribution in [2.24, 2.45) is 0 Å². The van der Waals surface area contributed by atoms with Crippen LogP contribution < -0.4 is 10.1 Å². The highest BCUT2D eigenvalue weighted by Gasteiger charge is 2.21. The highest BCUT2D eigenvalue weighted by Crippen LogP contribution is 2.29. The van der Waals surface area contributed by atoms with Crippen LogP contribution in [0.1, 0.15) is 5.56 Å². The van der Waals surface area contributed by atoms with Crippen LogP contribution >= 0.6 is 11.6 Å². The van der Waals surface area contributed by atoms with Gasteiger partial charge in [0.15, 0.2) is 0 Å². The lowest BCUT2D eigenvalue weighted by Crippen LogP contribution is -2.07. The van der Waals surface area contributed by atoms with E-state index in [4.69, 9.17) is 16.3 Å². The number of hydrogen-bond acceptors (Lipinski definition) is 7. The van der Waals surface area contributed by atoms with Crippen molar-refractivity contribution in [3.8, 4) is 5.88 Å². The molecule has 0 aromatic carbocycles. The van der Waals surface area contributed by atoms with Crippen molar-refractivity contribution < 1.29 is 9.66 Å². The predicted octanol–water partition coefficient (Wildman–Crippen LogP) is 2.05. The molecule has 20 heavy (non-hydrogen) atoms. The summed E-state index contributed by atoms with van der Waals surface area (Å²) in [5.41, 5.74) is 0.371. The summed E-state index contributed by atoms with van der Waals surface area (Å²) in [5, 5.41) is 13.6. The molecule has 0 saturated heterocycles. The van der Waals surface area contributed by atoms with Crippen molar-refractivity contribution in [2.75, 3.05) is 12.4 Å². The number of nitro groups is 1. The van der Waals surface area contributed by atoms with E-state index in [9.17, 15) is 10.1 Å². The second-order valence-corrected chi connectivity index (χ2v) is 4.00. The Morgan fingerprint density at radius 3 is 2.95 bits per heavy atom. The van der Waals surface area contributed by atoms with E-state index in [2.05, 4.69) is 20.3 Å². The molecule has 8 nitrogen and oxygen atoms in total. The van der Waals surface area contributed by atoms with Gasteiger partial charge in [-0.2, -0.15) is 0 Å². The van der Waals surface area contributed by atoms with E-state index in [1.165, 1.54) is 7.11 Å². The van der Waals surface area contributed by atoms with Gasteiger partial charge < -0.3 is 10.1 Å². The Bertz CT molecular complexity index is 637. The van der Waals surface area contributed by atoms with Gasteiger partial charge in [-0.1, -0.05) is 17.7 Å². The Hall–Kier alpha value is -2.48. The molecule has 0 radical (unpaired) electrons.